The molecule has 0 amide bonds. The summed E-state index contributed by atoms with van der Waals surface area (Å²) in [4.78, 5) is -0.558. The maximum absolute atomic E-state index is 12.7. The Balaban J connectivity index is 2.07. The zero-order valence-corrected chi connectivity index (χ0v) is 14.7. The van der Waals surface area contributed by atoms with Crippen molar-refractivity contribution in [3.63, 3.8) is 0 Å². The van der Waals surface area contributed by atoms with Crippen LogP contribution in [0, 0.1) is 0 Å². The van der Waals surface area contributed by atoms with E-state index >= 15 is 0 Å². The Kier molecular flexibility index (Phi) is 6.63. The van der Waals surface area contributed by atoms with Crippen molar-refractivity contribution in [1.29, 1.82) is 0 Å². The minimum absolute atomic E-state index is 0.0167. The highest BCUT2D eigenvalue weighted by molar-refractivity contribution is 7.87. The predicted octanol–water partition coefficient (Wildman–Crippen LogP) is 3.21. The van der Waals surface area contributed by atoms with Crippen molar-refractivity contribution < 1.29 is 30.5 Å². The van der Waals surface area contributed by atoms with E-state index in [1.165, 1.54) is 12.1 Å². The molecule has 2 aromatic rings. The fourth-order valence-corrected chi connectivity index (χ4v) is 3.05. The Bertz CT molecular complexity index is 821. The Morgan fingerprint density at radius 1 is 1.08 bits per heavy atom. The number of rotatable bonds is 8. The topological polar surface area (TPSA) is 64.6 Å². The van der Waals surface area contributed by atoms with Gasteiger partial charge < -0.3 is 14.2 Å². The monoisotopic (exact) mass is 389 g/mol. The highest BCUT2D eigenvalue weighted by atomic mass is 32.2. The SMILES string of the molecule is COCCNCc1ccc(OS(=O)(=O)c2cccc(C(F)(F)F)c2)cc1. The van der Waals surface area contributed by atoms with Gasteiger partial charge in [0.05, 0.1) is 12.2 Å². The third-order valence-corrected chi connectivity index (χ3v) is 4.63. The van der Waals surface area contributed by atoms with E-state index in [2.05, 4.69) is 5.32 Å². The highest BCUT2D eigenvalue weighted by Crippen LogP contribution is 2.31. The second kappa shape index (κ2) is 8.52. The highest BCUT2D eigenvalue weighted by Gasteiger charge is 2.32. The van der Waals surface area contributed by atoms with Crippen molar-refractivity contribution in [1.82, 2.24) is 5.32 Å². The first-order chi connectivity index (χ1) is 12.2. The Labute approximate surface area is 149 Å². The van der Waals surface area contributed by atoms with E-state index in [0.29, 0.717) is 25.8 Å². The van der Waals surface area contributed by atoms with Gasteiger partial charge in [-0.15, -0.1) is 0 Å². The van der Waals surface area contributed by atoms with Crippen molar-refractivity contribution in [2.75, 3.05) is 20.3 Å². The van der Waals surface area contributed by atoms with Gasteiger partial charge in [-0.25, -0.2) is 0 Å². The third-order valence-electron chi connectivity index (χ3n) is 3.39. The van der Waals surface area contributed by atoms with E-state index in [4.69, 9.17) is 8.92 Å². The van der Waals surface area contributed by atoms with Gasteiger partial charge >= 0.3 is 16.3 Å². The smallest absolute Gasteiger partial charge is 0.383 e. The number of alkyl halides is 3. The molecular weight excluding hydrogens is 371 g/mol. The summed E-state index contributed by atoms with van der Waals surface area (Å²) in [6.07, 6.45) is -4.64. The molecule has 2 rings (SSSR count). The summed E-state index contributed by atoms with van der Waals surface area (Å²) in [5.74, 6) is 0.0167. The Morgan fingerprint density at radius 2 is 1.77 bits per heavy atom. The molecule has 0 aromatic heterocycles. The zero-order valence-electron chi connectivity index (χ0n) is 13.9. The summed E-state index contributed by atoms with van der Waals surface area (Å²) in [6.45, 7) is 1.79. The summed E-state index contributed by atoms with van der Waals surface area (Å²) in [6, 6.07) is 9.63. The summed E-state index contributed by atoms with van der Waals surface area (Å²) < 4.78 is 72.4. The van der Waals surface area contributed by atoms with Crippen LogP contribution in [0.25, 0.3) is 0 Å². The molecule has 0 aliphatic heterocycles. The van der Waals surface area contributed by atoms with Crippen molar-refractivity contribution in [3.05, 3.63) is 59.7 Å². The lowest BCUT2D eigenvalue weighted by atomic mass is 10.2. The number of hydrogen-bond donors (Lipinski definition) is 1. The van der Waals surface area contributed by atoms with Crippen LogP contribution < -0.4 is 9.50 Å². The maximum atomic E-state index is 12.7. The molecule has 0 spiro atoms. The van der Waals surface area contributed by atoms with Crippen LogP contribution in [0.1, 0.15) is 11.1 Å². The number of nitrogens with one attached hydrogen (secondary N) is 1. The molecule has 26 heavy (non-hydrogen) atoms. The molecule has 5 nitrogen and oxygen atoms in total. The molecule has 0 aliphatic rings. The van der Waals surface area contributed by atoms with Crippen LogP contribution in [0.2, 0.25) is 0 Å². The fourth-order valence-electron chi connectivity index (χ4n) is 2.07. The molecule has 9 heteroatoms. The maximum Gasteiger partial charge on any atom is 0.416 e. The molecule has 0 heterocycles. The van der Waals surface area contributed by atoms with Crippen LogP contribution >= 0.6 is 0 Å². The van der Waals surface area contributed by atoms with Crippen LogP contribution in [0.3, 0.4) is 0 Å². The van der Waals surface area contributed by atoms with Crippen molar-refractivity contribution in [2.24, 2.45) is 0 Å². The van der Waals surface area contributed by atoms with E-state index in [1.54, 1.807) is 19.2 Å². The fraction of sp³-hybridized carbons (Fsp3) is 0.294. The summed E-state index contributed by atoms with van der Waals surface area (Å²) >= 11 is 0. The van der Waals surface area contributed by atoms with Crippen molar-refractivity contribution in [3.8, 4) is 5.75 Å². The number of ether oxygens (including phenoxy) is 1. The molecule has 0 unspecified atom stereocenters. The van der Waals surface area contributed by atoms with Gasteiger partial charge in [0.25, 0.3) is 0 Å². The third kappa shape index (κ3) is 5.72. The molecule has 2 aromatic carbocycles. The zero-order chi connectivity index (χ0) is 19.2. The molecule has 0 saturated carbocycles. The summed E-state index contributed by atoms with van der Waals surface area (Å²) in [5.41, 5.74) is -0.162. The molecule has 0 radical (unpaired) electrons. The largest absolute Gasteiger partial charge is 0.416 e. The first kappa shape index (κ1) is 20.2. The molecule has 142 valence electrons. The molecule has 0 saturated heterocycles. The number of hydrogen-bond acceptors (Lipinski definition) is 5. The van der Waals surface area contributed by atoms with E-state index in [1.807, 2.05) is 0 Å². The van der Waals surface area contributed by atoms with Crippen LogP contribution in [-0.4, -0.2) is 28.7 Å². The van der Waals surface area contributed by atoms with Gasteiger partial charge in [-0.2, -0.15) is 21.6 Å². The van der Waals surface area contributed by atoms with Gasteiger partial charge in [0, 0.05) is 20.2 Å². The predicted molar refractivity (Wildman–Crippen MR) is 89.3 cm³/mol. The molecule has 0 atom stereocenters. The molecule has 0 bridgehead atoms. The molecule has 1 N–H and O–H groups in total. The molecular formula is C17H18F3NO4S. The van der Waals surface area contributed by atoms with E-state index < -0.39 is 26.8 Å². The van der Waals surface area contributed by atoms with E-state index in [9.17, 15) is 21.6 Å². The quantitative estimate of drug-likeness (QED) is 0.555. The standard InChI is InChI=1S/C17H18F3NO4S/c1-24-10-9-21-12-13-5-7-15(8-6-13)25-26(22,23)16-4-2-3-14(11-16)17(18,19)20/h2-8,11,21H,9-10,12H2,1H3. The molecule has 0 fully saturated rings. The van der Waals surface area contributed by atoms with Crippen LogP contribution in [-0.2, 0) is 27.6 Å². The van der Waals surface area contributed by atoms with Gasteiger partial charge in [0.1, 0.15) is 10.6 Å². The summed E-state index contributed by atoms with van der Waals surface area (Å²) in [7, 11) is -2.77. The van der Waals surface area contributed by atoms with Gasteiger partial charge in [-0.1, -0.05) is 18.2 Å². The lowest BCUT2D eigenvalue weighted by molar-refractivity contribution is -0.137. The van der Waals surface area contributed by atoms with Gasteiger partial charge in [0.15, 0.2) is 0 Å². The van der Waals surface area contributed by atoms with Crippen LogP contribution in [0.15, 0.2) is 53.4 Å². The summed E-state index contributed by atoms with van der Waals surface area (Å²) in [5, 5.41) is 3.13. The lowest BCUT2D eigenvalue weighted by Crippen LogP contribution is -2.18. The lowest BCUT2D eigenvalue weighted by Gasteiger charge is -2.11. The second-order valence-corrected chi connectivity index (χ2v) is 6.92. The first-order valence-electron chi connectivity index (χ1n) is 7.63. The van der Waals surface area contributed by atoms with Crippen molar-refractivity contribution >= 4 is 10.1 Å². The number of benzene rings is 2. The van der Waals surface area contributed by atoms with E-state index in [0.717, 1.165) is 23.8 Å². The van der Waals surface area contributed by atoms with Gasteiger partial charge in [-0.05, 0) is 35.9 Å². The first-order valence-corrected chi connectivity index (χ1v) is 9.03. The van der Waals surface area contributed by atoms with Gasteiger partial charge in [-0.3, -0.25) is 0 Å². The van der Waals surface area contributed by atoms with Crippen LogP contribution in [0.4, 0.5) is 13.2 Å². The Morgan fingerprint density at radius 3 is 2.38 bits per heavy atom. The van der Waals surface area contributed by atoms with Gasteiger partial charge in [0.2, 0.25) is 0 Å². The average Bonchev–Trinajstić information content (AvgIpc) is 2.59. The normalized spacial score (nSPS) is 12.2. The Hall–Kier alpha value is -2.10. The number of methoxy groups -OCH3 is 1. The van der Waals surface area contributed by atoms with Crippen LogP contribution in [0.5, 0.6) is 5.75 Å². The minimum Gasteiger partial charge on any atom is -0.383 e. The second-order valence-electron chi connectivity index (χ2n) is 5.38. The van der Waals surface area contributed by atoms with Crippen molar-refractivity contribution in [2.45, 2.75) is 17.6 Å². The minimum atomic E-state index is -4.64. The average molecular weight is 389 g/mol. The molecule has 0 aliphatic carbocycles. The van der Waals surface area contributed by atoms with E-state index in [-0.39, 0.29) is 5.75 Å². The number of halogens is 3.